The number of hydrogen-bond acceptors (Lipinski definition) is 6. The van der Waals surface area contributed by atoms with Crippen LogP contribution in [0.2, 0.25) is 0 Å². The quantitative estimate of drug-likeness (QED) is 0.643. The molecule has 0 aromatic heterocycles. The molecule has 32 heavy (non-hydrogen) atoms. The molecule has 3 amide bonds. The zero-order valence-corrected chi connectivity index (χ0v) is 18.4. The van der Waals surface area contributed by atoms with Crippen LogP contribution in [0.4, 0.5) is 16.2 Å². The normalized spacial score (nSPS) is 26.2. The van der Waals surface area contributed by atoms with E-state index in [4.69, 9.17) is 4.74 Å². The van der Waals surface area contributed by atoms with Gasteiger partial charge in [-0.05, 0) is 31.0 Å². The second-order valence-electron chi connectivity index (χ2n) is 8.58. The smallest absolute Gasteiger partial charge is 0.414 e. The van der Waals surface area contributed by atoms with Gasteiger partial charge < -0.3 is 24.7 Å². The lowest BCUT2D eigenvalue weighted by molar-refractivity contribution is -0.139. The van der Waals surface area contributed by atoms with Gasteiger partial charge in [0, 0.05) is 37.2 Å². The van der Waals surface area contributed by atoms with Crippen molar-refractivity contribution in [3.63, 3.8) is 0 Å². The van der Waals surface area contributed by atoms with Gasteiger partial charge in [0.1, 0.15) is 6.61 Å². The van der Waals surface area contributed by atoms with Crippen LogP contribution in [-0.4, -0.2) is 72.4 Å². The molecule has 0 radical (unpaired) electrons. The van der Waals surface area contributed by atoms with E-state index in [0.717, 1.165) is 12.8 Å². The Morgan fingerprint density at radius 2 is 2.12 bits per heavy atom. The summed E-state index contributed by atoms with van der Waals surface area (Å²) >= 11 is 0. The van der Waals surface area contributed by atoms with Crippen LogP contribution in [0, 0.1) is 5.92 Å². The van der Waals surface area contributed by atoms with Crippen molar-refractivity contribution in [1.82, 2.24) is 4.90 Å². The Bertz CT molecular complexity index is 963. The molecular weight excluding hydrogens is 414 g/mol. The number of carbonyl (C=O) groups is 3. The molecule has 0 spiro atoms. The lowest BCUT2D eigenvalue weighted by atomic mass is 9.82. The Labute approximate surface area is 186 Å². The molecule has 172 valence electrons. The number of amides is 3. The van der Waals surface area contributed by atoms with Crippen molar-refractivity contribution in [2.75, 3.05) is 43.2 Å². The Morgan fingerprint density at radius 1 is 1.34 bits per heavy atom. The fourth-order valence-electron chi connectivity index (χ4n) is 4.82. The molecule has 4 rings (SSSR count). The minimum atomic E-state index is -1.81. The number of anilines is 2. The Kier molecular flexibility index (Phi) is 5.96. The SMILES string of the molecule is C[C@H](/C=C/CC(=O)N1CCC[C@H]1CO)[C@@]1(O)C(=O)N(C)c2ccc(N3CCOC3=O)cc21. The Balaban J connectivity index is 1.55. The Morgan fingerprint density at radius 3 is 2.81 bits per heavy atom. The van der Waals surface area contributed by atoms with Gasteiger partial charge in [0.25, 0.3) is 5.91 Å². The number of fused-ring (bicyclic) bond motifs is 1. The van der Waals surface area contributed by atoms with Gasteiger partial charge in [-0.25, -0.2) is 4.79 Å². The Hall–Kier alpha value is -2.91. The number of likely N-dealkylation sites (N-methyl/N-ethyl adjacent to an activating group) is 1. The van der Waals surface area contributed by atoms with Crippen molar-refractivity contribution >= 4 is 29.3 Å². The second kappa shape index (κ2) is 8.55. The summed E-state index contributed by atoms with van der Waals surface area (Å²) in [5.41, 5.74) is -0.258. The van der Waals surface area contributed by atoms with Gasteiger partial charge in [0.2, 0.25) is 5.91 Å². The van der Waals surface area contributed by atoms with E-state index in [2.05, 4.69) is 0 Å². The molecule has 3 aliphatic heterocycles. The minimum Gasteiger partial charge on any atom is -0.447 e. The molecule has 1 aromatic carbocycles. The van der Waals surface area contributed by atoms with Gasteiger partial charge in [0.15, 0.2) is 5.60 Å². The second-order valence-corrected chi connectivity index (χ2v) is 8.58. The van der Waals surface area contributed by atoms with Crippen molar-refractivity contribution in [2.24, 2.45) is 5.92 Å². The summed E-state index contributed by atoms with van der Waals surface area (Å²) in [6, 6.07) is 4.97. The molecule has 0 saturated carbocycles. The van der Waals surface area contributed by atoms with E-state index in [1.165, 1.54) is 9.80 Å². The monoisotopic (exact) mass is 443 g/mol. The zero-order valence-electron chi connectivity index (χ0n) is 18.4. The molecule has 2 N–H and O–H groups in total. The number of carbonyl (C=O) groups excluding carboxylic acids is 3. The van der Waals surface area contributed by atoms with Gasteiger partial charge in [0.05, 0.1) is 24.9 Å². The maximum atomic E-state index is 13.0. The molecular formula is C23H29N3O6. The fourth-order valence-corrected chi connectivity index (χ4v) is 4.82. The highest BCUT2D eigenvalue weighted by Gasteiger charge is 2.51. The lowest BCUT2D eigenvalue weighted by Crippen LogP contribution is -2.43. The van der Waals surface area contributed by atoms with Crippen LogP contribution in [0.25, 0.3) is 0 Å². The molecule has 9 heteroatoms. The molecule has 1 aromatic rings. The van der Waals surface area contributed by atoms with Gasteiger partial charge >= 0.3 is 6.09 Å². The first-order valence-electron chi connectivity index (χ1n) is 10.9. The van der Waals surface area contributed by atoms with E-state index in [0.29, 0.717) is 36.6 Å². The predicted molar refractivity (Wildman–Crippen MR) is 117 cm³/mol. The molecule has 3 heterocycles. The van der Waals surface area contributed by atoms with Crippen molar-refractivity contribution in [3.8, 4) is 0 Å². The van der Waals surface area contributed by atoms with Gasteiger partial charge in [-0.1, -0.05) is 19.1 Å². The lowest BCUT2D eigenvalue weighted by Gasteiger charge is -2.27. The summed E-state index contributed by atoms with van der Waals surface area (Å²) in [6.07, 6.45) is 4.70. The van der Waals surface area contributed by atoms with E-state index < -0.39 is 23.5 Å². The summed E-state index contributed by atoms with van der Waals surface area (Å²) < 4.78 is 5.00. The number of rotatable bonds is 6. The number of aliphatic hydroxyl groups is 2. The van der Waals surface area contributed by atoms with Gasteiger partial charge in [-0.2, -0.15) is 0 Å². The van der Waals surface area contributed by atoms with Gasteiger partial charge in [-0.3, -0.25) is 14.5 Å². The number of aliphatic hydroxyl groups excluding tert-OH is 1. The highest BCUT2D eigenvalue weighted by molar-refractivity contribution is 6.07. The average molecular weight is 444 g/mol. The van der Waals surface area contributed by atoms with E-state index in [9.17, 15) is 24.6 Å². The van der Waals surface area contributed by atoms with Crippen molar-refractivity contribution in [3.05, 3.63) is 35.9 Å². The van der Waals surface area contributed by atoms with E-state index in [1.54, 1.807) is 49.2 Å². The maximum absolute atomic E-state index is 13.0. The summed E-state index contributed by atoms with van der Waals surface area (Å²) in [5.74, 6) is -1.15. The first-order chi connectivity index (χ1) is 15.3. The molecule has 0 bridgehead atoms. The predicted octanol–water partition coefficient (Wildman–Crippen LogP) is 1.37. The van der Waals surface area contributed by atoms with Crippen LogP contribution in [0.15, 0.2) is 30.4 Å². The van der Waals surface area contributed by atoms with Crippen LogP contribution in [0.5, 0.6) is 0 Å². The van der Waals surface area contributed by atoms with Crippen LogP contribution < -0.4 is 9.80 Å². The third-order valence-electron chi connectivity index (χ3n) is 6.74. The summed E-state index contributed by atoms with van der Waals surface area (Å²) in [5, 5.41) is 21.0. The van der Waals surface area contributed by atoms with Crippen LogP contribution in [-0.2, 0) is 19.9 Å². The van der Waals surface area contributed by atoms with Crippen molar-refractivity contribution < 1.29 is 29.3 Å². The maximum Gasteiger partial charge on any atom is 0.414 e. The summed E-state index contributed by atoms with van der Waals surface area (Å²) in [6.45, 7) is 3.01. The third kappa shape index (κ3) is 3.55. The molecule has 0 unspecified atom stereocenters. The average Bonchev–Trinajstić information content (AvgIpc) is 3.49. The largest absolute Gasteiger partial charge is 0.447 e. The third-order valence-corrected chi connectivity index (χ3v) is 6.74. The number of ether oxygens (including phenoxy) is 1. The summed E-state index contributed by atoms with van der Waals surface area (Å²) in [7, 11) is 1.60. The van der Waals surface area contributed by atoms with Crippen molar-refractivity contribution in [1.29, 1.82) is 0 Å². The summed E-state index contributed by atoms with van der Waals surface area (Å²) in [4.78, 5) is 42.1. The first-order valence-corrected chi connectivity index (χ1v) is 10.9. The number of nitrogens with zero attached hydrogens (tertiary/aromatic N) is 3. The molecule has 9 nitrogen and oxygen atoms in total. The van der Waals surface area contributed by atoms with Crippen LogP contribution in [0.3, 0.4) is 0 Å². The highest BCUT2D eigenvalue weighted by Crippen LogP contribution is 2.46. The van der Waals surface area contributed by atoms with E-state index in [1.807, 2.05) is 0 Å². The minimum absolute atomic E-state index is 0.0455. The van der Waals surface area contributed by atoms with Crippen molar-refractivity contribution in [2.45, 2.75) is 37.8 Å². The molecule has 3 atom stereocenters. The highest BCUT2D eigenvalue weighted by atomic mass is 16.6. The topological polar surface area (TPSA) is 111 Å². The fraction of sp³-hybridized carbons (Fsp3) is 0.522. The molecule has 2 saturated heterocycles. The molecule has 0 aliphatic carbocycles. The standard InChI is InChI=1S/C23H29N3O6/c1-15(5-3-7-20(28)25-10-4-6-17(25)14-27)23(31)18-13-16(26-11-12-32-22(26)30)8-9-19(18)24(2)21(23)29/h3,5,8-9,13,15,17,27,31H,4,6-7,10-12,14H2,1-2H3/b5-3+/t15-,17+,23+/m1/s1. The number of hydrogen-bond donors (Lipinski definition) is 2. The van der Waals surface area contributed by atoms with E-state index >= 15 is 0 Å². The van der Waals surface area contributed by atoms with Gasteiger partial charge in [-0.15, -0.1) is 0 Å². The van der Waals surface area contributed by atoms with E-state index in [-0.39, 0.29) is 25.0 Å². The molecule has 2 fully saturated rings. The number of benzene rings is 1. The zero-order chi connectivity index (χ0) is 23.0. The first kappa shape index (κ1) is 22.3. The number of cyclic esters (lactones) is 1. The number of likely N-dealkylation sites (tertiary alicyclic amines) is 1. The molecule has 3 aliphatic rings. The van der Waals surface area contributed by atoms with Crippen LogP contribution in [0.1, 0.15) is 31.7 Å². The van der Waals surface area contributed by atoms with Crippen LogP contribution >= 0.6 is 0 Å².